The minimum Gasteiger partial charge on any atom is -0.489 e. The molecule has 1 aromatic rings. The summed E-state index contributed by atoms with van der Waals surface area (Å²) in [5.74, 6) is 1.23. The number of aromatic nitrogens is 1. The molecule has 12 heavy (non-hydrogen) atoms. The SMILES string of the molecule is O=CNc1nccc2c1OCC2. The van der Waals surface area contributed by atoms with Gasteiger partial charge in [0.05, 0.1) is 6.61 Å². The van der Waals surface area contributed by atoms with Gasteiger partial charge in [-0.15, -0.1) is 0 Å². The van der Waals surface area contributed by atoms with Gasteiger partial charge >= 0.3 is 0 Å². The molecular weight excluding hydrogens is 156 g/mol. The highest BCUT2D eigenvalue weighted by Gasteiger charge is 2.16. The number of hydrogen-bond acceptors (Lipinski definition) is 3. The molecule has 0 saturated carbocycles. The van der Waals surface area contributed by atoms with E-state index >= 15 is 0 Å². The van der Waals surface area contributed by atoms with E-state index in [4.69, 9.17) is 4.74 Å². The minimum atomic E-state index is 0.514. The van der Waals surface area contributed by atoms with Crippen LogP contribution in [0.25, 0.3) is 0 Å². The van der Waals surface area contributed by atoms with Crippen LogP contribution in [0.15, 0.2) is 12.3 Å². The maximum absolute atomic E-state index is 10.2. The first-order valence-electron chi connectivity index (χ1n) is 3.72. The molecule has 2 rings (SSSR count). The summed E-state index contributed by atoms with van der Waals surface area (Å²) >= 11 is 0. The molecule has 0 unspecified atom stereocenters. The average molecular weight is 164 g/mol. The Bertz CT molecular complexity index is 312. The monoisotopic (exact) mass is 164 g/mol. The molecule has 1 aromatic heterocycles. The number of pyridine rings is 1. The van der Waals surface area contributed by atoms with Crippen LogP contribution in [0.4, 0.5) is 5.82 Å². The number of nitrogens with zero attached hydrogens (tertiary/aromatic N) is 1. The molecule has 0 fully saturated rings. The summed E-state index contributed by atoms with van der Waals surface area (Å²) in [6, 6.07) is 1.90. The first kappa shape index (κ1) is 7.09. The Morgan fingerprint density at radius 3 is 3.42 bits per heavy atom. The highest BCUT2D eigenvalue weighted by molar-refractivity contribution is 5.73. The molecule has 0 aromatic carbocycles. The summed E-state index contributed by atoms with van der Waals surface area (Å²) in [5, 5.41) is 2.49. The smallest absolute Gasteiger partial charge is 0.212 e. The zero-order valence-corrected chi connectivity index (χ0v) is 6.41. The molecule has 0 atom stereocenters. The normalized spacial score (nSPS) is 13.3. The summed E-state index contributed by atoms with van der Waals surface area (Å²) < 4.78 is 5.30. The topological polar surface area (TPSA) is 51.2 Å². The fourth-order valence-corrected chi connectivity index (χ4v) is 1.27. The third kappa shape index (κ3) is 1.01. The highest BCUT2D eigenvalue weighted by atomic mass is 16.5. The van der Waals surface area contributed by atoms with Crippen LogP contribution in [0.1, 0.15) is 5.56 Å². The number of rotatable bonds is 2. The van der Waals surface area contributed by atoms with E-state index in [9.17, 15) is 4.79 Å². The number of fused-ring (bicyclic) bond motifs is 1. The van der Waals surface area contributed by atoms with Crippen molar-refractivity contribution in [1.29, 1.82) is 0 Å². The fraction of sp³-hybridized carbons (Fsp3) is 0.250. The standard InChI is InChI=1S/C8H8N2O2/c11-5-10-8-7-6(1-3-9-8)2-4-12-7/h1,3,5H,2,4H2,(H,9,10,11). The van der Waals surface area contributed by atoms with Gasteiger partial charge in [-0.2, -0.15) is 0 Å². The van der Waals surface area contributed by atoms with E-state index in [0.717, 1.165) is 12.0 Å². The average Bonchev–Trinajstić information content (AvgIpc) is 2.53. The van der Waals surface area contributed by atoms with Crippen LogP contribution in [0, 0.1) is 0 Å². The zero-order chi connectivity index (χ0) is 8.39. The lowest BCUT2D eigenvalue weighted by Crippen LogP contribution is -1.99. The van der Waals surface area contributed by atoms with Crippen LogP contribution in [0.2, 0.25) is 0 Å². The van der Waals surface area contributed by atoms with Gasteiger partial charge in [0.25, 0.3) is 0 Å². The van der Waals surface area contributed by atoms with Crippen molar-refractivity contribution in [3.05, 3.63) is 17.8 Å². The first-order chi connectivity index (χ1) is 5.92. The van der Waals surface area contributed by atoms with Crippen molar-refractivity contribution in [3.63, 3.8) is 0 Å². The molecule has 1 amide bonds. The molecule has 4 heteroatoms. The molecule has 1 aliphatic heterocycles. The lowest BCUT2D eigenvalue weighted by Gasteiger charge is -2.03. The second kappa shape index (κ2) is 2.81. The van der Waals surface area contributed by atoms with Crippen LogP contribution >= 0.6 is 0 Å². The number of anilines is 1. The quantitative estimate of drug-likeness (QED) is 0.650. The molecule has 0 bridgehead atoms. The largest absolute Gasteiger partial charge is 0.489 e. The molecule has 0 saturated heterocycles. The maximum atomic E-state index is 10.2. The number of hydrogen-bond donors (Lipinski definition) is 1. The minimum absolute atomic E-state index is 0.514. The van der Waals surface area contributed by atoms with Crippen LogP contribution in [0.5, 0.6) is 5.75 Å². The van der Waals surface area contributed by atoms with Crippen LogP contribution in [-0.2, 0) is 11.2 Å². The Hall–Kier alpha value is -1.58. The Morgan fingerprint density at radius 2 is 2.58 bits per heavy atom. The van der Waals surface area contributed by atoms with Crippen LogP contribution < -0.4 is 10.1 Å². The summed E-state index contributed by atoms with van der Waals surface area (Å²) in [6.07, 6.45) is 3.16. The number of amides is 1. The van der Waals surface area contributed by atoms with Gasteiger partial charge in [0.15, 0.2) is 11.6 Å². The molecule has 1 N–H and O–H groups in total. The van der Waals surface area contributed by atoms with Gasteiger partial charge < -0.3 is 10.1 Å². The zero-order valence-electron chi connectivity index (χ0n) is 6.41. The van der Waals surface area contributed by atoms with E-state index in [1.807, 2.05) is 6.07 Å². The number of nitrogens with one attached hydrogen (secondary N) is 1. The Kier molecular flexibility index (Phi) is 1.66. The maximum Gasteiger partial charge on any atom is 0.212 e. The molecule has 4 nitrogen and oxygen atoms in total. The molecule has 1 aliphatic rings. The van der Waals surface area contributed by atoms with Crippen molar-refractivity contribution in [2.24, 2.45) is 0 Å². The van der Waals surface area contributed by atoms with Crippen molar-refractivity contribution in [1.82, 2.24) is 4.98 Å². The first-order valence-corrected chi connectivity index (χ1v) is 3.72. The molecule has 0 spiro atoms. The molecule has 2 heterocycles. The Morgan fingerprint density at radius 1 is 1.67 bits per heavy atom. The Balaban J connectivity index is 2.42. The van der Waals surface area contributed by atoms with Crippen molar-refractivity contribution in [3.8, 4) is 5.75 Å². The summed E-state index contributed by atoms with van der Waals surface area (Å²) in [4.78, 5) is 14.1. The molecule has 0 radical (unpaired) electrons. The lowest BCUT2D eigenvalue weighted by molar-refractivity contribution is -0.105. The van der Waals surface area contributed by atoms with Crippen molar-refractivity contribution in [2.75, 3.05) is 11.9 Å². The van der Waals surface area contributed by atoms with E-state index in [1.54, 1.807) is 6.20 Å². The van der Waals surface area contributed by atoms with Gasteiger partial charge in [-0.3, -0.25) is 4.79 Å². The van der Waals surface area contributed by atoms with Gasteiger partial charge in [0.1, 0.15) is 0 Å². The number of carbonyl (C=O) groups excluding carboxylic acids is 1. The van der Waals surface area contributed by atoms with E-state index < -0.39 is 0 Å². The fourth-order valence-electron chi connectivity index (χ4n) is 1.27. The van der Waals surface area contributed by atoms with Crippen molar-refractivity contribution < 1.29 is 9.53 Å². The van der Waals surface area contributed by atoms with Crippen molar-refractivity contribution in [2.45, 2.75) is 6.42 Å². The second-order valence-electron chi connectivity index (χ2n) is 2.51. The second-order valence-corrected chi connectivity index (χ2v) is 2.51. The van der Waals surface area contributed by atoms with Gasteiger partial charge in [-0.25, -0.2) is 4.98 Å². The van der Waals surface area contributed by atoms with E-state index in [0.29, 0.717) is 24.6 Å². The third-order valence-corrected chi connectivity index (χ3v) is 1.80. The van der Waals surface area contributed by atoms with Gasteiger partial charge in [0, 0.05) is 18.2 Å². The van der Waals surface area contributed by atoms with Crippen LogP contribution in [-0.4, -0.2) is 18.0 Å². The summed E-state index contributed by atoms with van der Waals surface area (Å²) in [7, 11) is 0. The predicted octanol–water partition coefficient (Wildman–Crippen LogP) is 0.585. The summed E-state index contributed by atoms with van der Waals surface area (Å²) in [6.45, 7) is 0.675. The molecular formula is C8H8N2O2. The number of carbonyl (C=O) groups is 1. The number of ether oxygens (including phenoxy) is 1. The molecule has 62 valence electrons. The van der Waals surface area contributed by atoms with Crippen LogP contribution in [0.3, 0.4) is 0 Å². The van der Waals surface area contributed by atoms with E-state index in [1.165, 1.54) is 0 Å². The van der Waals surface area contributed by atoms with Crippen molar-refractivity contribution >= 4 is 12.2 Å². The third-order valence-electron chi connectivity index (χ3n) is 1.80. The van der Waals surface area contributed by atoms with E-state index in [-0.39, 0.29) is 0 Å². The highest BCUT2D eigenvalue weighted by Crippen LogP contribution is 2.30. The lowest BCUT2D eigenvalue weighted by atomic mass is 10.2. The van der Waals surface area contributed by atoms with Gasteiger partial charge in [-0.05, 0) is 6.07 Å². The van der Waals surface area contributed by atoms with E-state index in [2.05, 4.69) is 10.3 Å². The van der Waals surface area contributed by atoms with Gasteiger partial charge in [0.2, 0.25) is 6.41 Å². The predicted molar refractivity (Wildman–Crippen MR) is 43.1 cm³/mol. The molecule has 0 aliphatic carbocycles. The van der Waals surface area contributed by atoms with Gasteiger partial charge in [-0.1, -0.05) is 0 Å². The summed E-state index contributed by atoms with van der Waals surface area (Å²) in [5.41, 5.74) is 1.11. The Labute approximate surface area is 69.6 Å².